The summed E-state index contributed by atoms with van der Waals surface area (Å²) in [5.74, 6) is 1.56. The average molecular weight is 354 g/mol. The molecule has 1 saturated heterocycles. The molecule has 1 aliphatic heterocycles. The molecule has 0 saturated carbocycles. The summed E-state index contributed by atoms with van der Waals surface area (Å²) >= 11 is 0. The normalized spacial score (nSPS) is 13.7. The molecule has 3 rings (SSSR count). The first-order chi connectivity index (χ1) is 12.7. The van der Waals surface area contributed by atoms with E-state index < -0.39 is 0 Å². The van der Waals surface area contributed by atoms with Crippen LogP contribution in [-0.2, 0) is 4.79 Å². The van der Waals surface area contributed by atoms with Crippen LogP contribution < -0.4 is 15.0 Å². The van der Waals surface area contributed by atoms with Crippen LogP contribution in [0.4, 0.5) is 11.5 Å². The van der Waals surface area contributed by atoms with Crippen LogP contribution in [0.15, 0.2) is 30.3 Å². The Balaban J connectivity index is 1.78. The van der Waals surface area contributed by atoms with Gasteiger partial charge in [0.1, 0.15) is 5.75 Å². The van der Waals surface area contributed by atoms with Crippen molar-refractivity contribution in [3.63, 3.8) is 0 Å². The number of nitrogens with zero attached hydrogens (tertiary/aromatic N) is 3. The summed E-state index contributed by atoms with van der Waals surface area (Å²) in [4.78, 5) is 14.3. The van der Waals surface area contributed by atoms with E-state index in [9.17, 15) is 4.79 Å². The maximum absolute atomic E-state index is 12.1. The predicted molar refractivity (Wildman–Crippen MR) is 104 cm³/mol. The summed E-state index contributed by atoms with van der Waals surface area (Å²) in [6, 6.07) is 9.66. The molecule has 1 N–H and O–H groups in total. The number of ether oxygens (including phenoxy) is 1. The fourth-order valence-electron chi connectivity index (χ4n) is 3.11. The molecule has 2 aromatic rings. The molecule has 26 heavy (non-hydrogen) atoms. The molecule has 1 aromatic carbocycles. The molecule has 138 valence electrons. The molecule has 2 heterocycles. The third-order valence-corrected chi connectivity index (χ3v) is 4.61. The second-order valence-electron chi connectivity index (χ2n) is 6.54. The van der Waals surface area contributed by atoms with Crippen molar-refractivity contribution in [3.05, 3.63) is 30.3 Å². The van der Waals surface area contributed by atoms with Gasteiger partial charge in [-0.3, -0.25) is 4.79 Å². The third-order valence-electron chi connectivity index (χ3n) is 4.61. The number of carbonyl (C=O) groups excluding carboxylic acids is 1. The van der Waals surface area contributed by atoms with Gasteiger partial charge in [0.2, 0.25) is 5.91 Å². The topological polar surface area (TPSA) is 67.4 Å². The Morgan fingerprint density at radius 2 is 2.00 bits per heavy atom. The summed E-state index contributed by atoms with van der Waals surface area (Å²) in [6.45, 7) is 4.16. The summed E-state index contributed by atoms with van der Waals surface area (Å²) in [5.41, 5.74) is 2.34. The van der Waals surface area contributed by atoms with Gasteiger partial charge >= 0.3 is 0 Å². The minimum absolute atomic E-state index is 0.00207. The van der Waals surface area contributed by atoms with Crippen molar-refractivity contribution < 1.29 is 9.53 Å². The van der Waals surface area contributed by atoms with E-state index in [-0.39, 0.29) is 5.91 Å². The number of rotatable bonds is 7. The zero-order valence-electron chi connectivity index (χ0n) is 15.5. The van der Waals surface area contributed by atoms with Gasteiger partial charge < -0.3 is 15.0 Å². The molecule has 0 unspecified atom stereocenters. The first kappa shape index (κ1) is 18.2. The molecular weight excluding hydrogens is 328 g/mol. The van der Waals surface area contributed by atoms with Crippen LogP contribution in [0, 0.1) is 0 Å². The Bertz CT molecular complexity index is 740. The Morgan fingerprint density at radius 1 is 1.19 bits per heavy atom. The molecule has 1 amide bonds. The minimum atomic E-state index is -0.00207. The van der Waals surface area contributed by atoms with Crippen molar-refractivity contribution in [1.82, 2.24) is 10.2 Å². The van der Waals surface area contributed by atoms with Crippen LogP contribution >= 0.6 is 0 Å². The number of methoxy groups -OCH3 is 1. The number of hydrogen-bond acceptors (Lipinski definition) is 5. The van der Waals surface area contributed by atoms with Gasteiger partial charge in [0.05, 0.1) is 18.5 Å². The number of carbonyl (C=O) groups is 1. The largest absolute Gasteiger partial charge is 0.495 e. The third kappa shape index (κ3) is 4.31. The van der Waals surface area contributed by atoms with Crippen molar-refractivity contribution >= 4 is 17.4 Å². The van der Waals surface area contributed by atoms with Crippen molar-refractivity contribution in [2.75, 3.05) is 30.4 Å². The van der Waals surface area contributed by atoms with Gasteiger partial charge in [0.25, 0.3) is 0 Å². The van der Waals surface area contributed by atoms with E-state index in [1.807, 2.05) is 30.3 Å². The number of amides is 1. The molecule has 1 aliphatic rings. The molecule has 0 spiro atoms. The van der Waals surface area contributed by atoms with Crippen molar-refractivity contribution in [1.29, 1.82) is 0 Å². The van der Waals surface area contributed by atoms with Gasteiger partial charge in [-0.05, 0) is 49.6 Å². The molecule has 0 bridgehead atoms. The second kappa shape index (κ2) is 8.65. The van der Waals surface area contributed by atoms with Crippen LogP contribution in [0.1, 0.15) is 39.0 Å². The van der Waals surface area contributed by atoms with Crippen LogP contribution in [-0.4, -0.2) is 36.3 Å². The molecule has 1 aromatic heterocycles. The first-order valence-corrected chi connectivity index (χ1v) is 9.28. The van der Waals surface area contributed by atoms with Gasteiger partial charge in [-0.25, -0.2) is 0 Å². The molecule has 6 nitrogen and oxygen atoms in total. The molecule has 0 atom stereocenters. The number of aromatic nitrogens is 2. The number of anilines is 2. The van der Waals surface area contributed by atoms with Gasteiger partial charge in [-0.2, -0.15) is 0 Å². The van der Waals surface area contributed by atoms with E-state index in [0.29, 0.717) is 17.9 Å². The number of nitrogens with one attached hydrogen (secondary N) is 1. The highest BCUT2D eigenvalue weighted by Gasteiger charge is 2.15. The molecule has 6 heteroatoms. The lowest BCUT2D eigenvalue weighted by Crippen LogP contribution is -2.19. The first-order valence-electron chi connectivity index (χ1n) is 9.28. The Hall–Kier alpha value is -2.63. The van der Waals surface area contributed by atoms with E-state index in [2.05, 4.69) is 27.3 Å². The van der Waals surface area contributed by atoms with Crippen LogP contribution in [0.25, 0.3) is 11.3 Å². The van der Waals surface area contributed by atoms with Crippen LogP contribution in [0.3, 0.4) is 0 Å². The van der Waals surface area contributed by atoms with Gasteiger partial charge in [0.15, 0.2) is 5.82 Å². The SMILES string of the molecule is CCCCC(=O)Nc1cc(-c2ccc(N3CCCC3)nn2)ccc1OC. The Kier molecular flexibility index (Phi) is 6.04. The van der Waals surface area contributed by atoms with E-state index in [1.54, 1.807) is 7.11 Å². The van der Waals surface area contributed by atoms with Gasteiger partial charge in [0, 0.05) is 25.1 Å². The maximum Gasteiger partial charge on any atom is 0.224 e. The van der Waals surface area contributed by atoms with E-state index in [1.165, 1.54) is 12.8 Å². The van der Waals surface area contributed by atoms with Crippen LogP contribution in [0.5, 0.6) is 5.75 Å². The average Bonchev–Trinajstić information content (AvgIpc) is 3.21. The minimum Gasteiger partial charge on any atom is -0.495 e. The van der Waals surface area contributed by atoms with Gasteiger partial charge in [-0.1, -0.05) is 13.3 Å². The standard InChI is InChI=1S/C20H26N4O2/c1-3-4-7-20(25)21-17-14-15(8-10-18(17)26-2)16-9-11-19(23-22-16)24-12-5-6-13-24/h8-11,14H,3-7,12-13H2,1-2H3,(H,21,25). The molecule has 0 radical (unpaired) electrons. The van der Waals surface area contributed by atoms with E-state index in [4.69, 9.17) is 4.74 Å². The zero-order chi connectivity index (χ0) is 18.4. The highest BCUT2D eigenvalue weighted by atomic mass is 16.5. The highest BCUT2D eigenvalue weighted by Crippen LogP contribution is 2.30. The number of hydrogen-bond donors (Lipinski definition) is 1. The highest BCUT2D eigenvalue weighted by molar-refractivity contribution is 5.93. The number of unbranched alkanes of at least 4 members (excludes halogenated alkanes) is 1. The summed E-state index contributed by atoms with van der Waals surface area (Å²) in [7, 11) is 1.60. The lowest BCUT2D eigenvalue weighted by molar-refractivity contribution is -0.116. The van der Waals surface area contributed by atoms with E-state index >= 15 is 0 Å². The van der Waals surface area contributed by atoms with Crippen molar-refractivity contribution in [2.45, 2.75) is 39.0 Å². The van der Waals surface area contributed by atoms with Crippen LogP contribution in [0.2, 0.25) is 0 Å². The summed E-state index contributed by atoms with van der Waals surface area (Å²) in [5, 5.41) is 11.7. The van der Waals surface area contributed by atoms with Crippen molar-refractivity contribution in [2.24, 2.45) is 0 Å². The fourth-order valence-corrected chi connectivity index (χ4v) is 3.11. The second-order valence-corrected chi connectivity index (χ2v) is 6.54. The maximum atomic E-state index is 12.1. The predicted octanol–water partition coefficient (Wildman–Crippen LogP) is 3.88. The van der Waals surface area contributed by atoms with Crippen molar-refractivity contribution in [3.8, 4) is 17.0 Å². The molecule has 0 aliphatic carbocycles. The summed E-state index contributed by atoms with van der Waals surface area (Å²) < 4.78 is 5.37. The number of benzene rings is 1. The molecular formula is C20H26N4O2. The Morgan fingerprint density at radius 3 is 2.65 bits per heavy atom. The Labute approximate surface area is 154 Å². The smallest absolute Gasteiger partial charge is 0.224 e. The lowest BCUT2D eigenvalue weighted by Gasteiger charge is -2.15. The zero-order valence-corrected chi connectivity index (χ0v) is 15.5. The monoisotopic (exact) mass is 354 g/mol. The van der Waals surface area contributed by atoms with E-state index in [0.717, 1.165) is 43.0 Å². The lowest BCUT2D eigenvalue weighted by atomic mass is 10.1. The fraction of sp³-hybridized carbons (Fsp3) is 0.450. The molecule has 1 fully saturated rings. The summed E-state index contributed by atoms with van der Waals surface area (Å²) in [6.07, 6.45) is 4.79. The van der Waals surface area contributed by atoms with Gasteiger partial charge in [-0.15, -0.1) is 10.2 Å². The quantitative estimate of drug-likeness (QED) is 0.817.